The summed E-state index contributed by atoms with van der Waals surface area (Å²) >= 11 is 0. The minimum absolute atomic E-state index is 0.262. The normalized spacial score (nSPS) is 11.8. The van der Waals surface area contributed by atoms with E-state index in [0.717, 1.165) is 11.3 Å². The molecule has 0 spiro atoms. The number of nitrogens with zero attached hydrogens (tertiary/aromatic N) is 3. The number of benzene rings is 1. The van der Waals surface area contributed by atoms with Gasteiger partial charge in [0.25, 0.3) is 0 Å². The van der Waals surface area contributed by atoms with E-state index in [2.05, 4.69) is 10.3 Å². The van der Waals surface area contributed by atoms with Crippen molar-refractivity contribution in [1.82, 2.24) is 15.0 Å². The van der Waals surface area contributed by atoms with E-state index in [9.17, 15) is 4.39 Å². The van der Waals surface area contributed by atoms with Crippen LogP contribution in [0.1, 0.15) is 32.0 Å². The number of aromatic nitrogens is 3. The summed E-state index contributed by atoms with van der Waals surface area (Å²) in [4.78, 5) is 0. The van der Waals surface area contributed by atoms with Crippen LogP contribution < -0.4 is 5.73 Å². The van der Waals surface area contributed by atoms with Crippen LogP contribution in [0, 0.1) is 12.7 Å². The maximum absolute atomic E-state index is 14.0. The van der Waals surface area contributed by atoms with Crippen molar-refractivity contribution in [1.29, 1.82) is 0 Å². The molecule has 2 aromatic rings. The van der Waals surface area contributed by atoms with Crippen LogP contribution in [0.2, 0.25) is 0 Å². The second-order valence-corrected chi connectivity index (χ2v) is 5.39. The topological polar surface area (TPSA) is 56.7 Å². The molecule has 1 heterocycles. The molecule has 0 aliphatic heterocycles. The van der Waals surface area contributed by atoms with Crippen molar-refractivity contribution in [3.05, 3.63) is 35.3 Å². The third-order valence-electron chi connectivity index (χ3n) is 2.81. The van der Waals surface area contributed by atoms with Crippen LogP contribution in [0.5, 0.6) is 0 Å². The summed E-state index contributed by atoms with van der Waals surface area (Å²) in [6.45, 7) is 7.82. The van der Waals surface area contributed by atoms with Gasteiger partial charge in [-0.3, -0.25) is 0 Å². The van der Waals surface area contributed by atoms with Crippen LogP contribution >= 0.6 is 0 Å². The van der Waals surface area contributed by atoms with Crippen molar-refractivity contribution >= 4 is 5.82 Å². The van der Waals surface area contributed by atoms with Gasteiger partial charge in [-0.2, -0.15) is 0 Å². The lowest BCUT2D eigenvalue weighted by Crippen LogP contribution is -2.20. The quantitative estimate of drug-likeness (QED) is 0.844. The Balaban J connectivity index is 2.74. The molecular weight excluding hydrogens is 231 g/mol. The highest BCUT2D eigenvalue weighted by molar-refractivity contribution is 5.48. The minimum Gasteiger partial charge on any atom is -0.381 e. The summed E-state index contributed by atoms with van der Waals surface area (Å²) in [6, 6.07) is 4.92. The summed E-state index contributed by atoms with van der Waals surface area (Å²) in [7, 11) is 0. The van der Waals surface area contributed by atoms with Gasteiger partial charge in [0.2, 0.25) is 0 Å². The number of rotatable bonds is 1. The maximum atomic E-state index is 14.0. The van der Waals surface area contributed by atoms with Gasteiger partial charge < -0.3 is 5.73 Å². The summed E-state index contributed by atoms with van der Waals surface area (Å²) < 4.78 is 15.5. The zero-order chi connectivity index (χ0) is 13.5. The van der Waals surface area contributed by atoms with Crippen LogP contribution in [0.4, 0.5) is 10.2 Å². The van der Waals surface area contributed by atoms with Crippen LogP contribution in [0.15, 0.2) is 18.2 Å². The molecule has 2 rings (SSSR count). The molecule has 2 N–H and O–H groups in total. The molecule has 1 aromatic heterocycles. The predicted octanol–water partition coefficient (Wildman–Crippen LogP) is 2.59. The average Bonchev–Trinajstić information content (AvgIpc) is 2.59. The van der Waals surface area contributed by atoms with E-state index in [4.69, 9.17) is 5.73 Å². The Hall–Kier alpha value is -1.91. The van der Waals surface area contributed by atoms with Crippen molar-refractivity contribution < 1.29 is 4.39 Å². The van der Waals surface area contributed by atoms with Gasteiger partial charge in [0.1, 0.15) is 11.5 Å². The predicted molar refractivity (Wildman–Crippen MR) is 69.2 cm³/mol. The highest BCUT2D eigenvalue weighted by atomic mass is 19.1. The Labute approximate surface area is 106 Å². The number of hydrogen-bond acceptors (Lipinski definition) is 3. The fourth-order valence-corrected chi connectivity index (χ4v) is 2.04. The maximum Gasteiger partial charge on any atom is 0.170 e. The molecule has 0 saturated heterocycles. The molecule has 0 aliphatic rings. The second-order valence-electron chi connectivity index (χ2n) is 5.39. The first-order valence-electron chi connectivity index (χ1n) is 5.79. The van der Waals surface area contributed by atoms with E-state index >= 15 is 0 Å². The van der Waals surface area contributed by atoms with Crippen LogP contribution in [-0.4, -0.2) is 15.0 Å². The van der Waals surface area contributed by atoms with Gasteiger partial charge >= 0.3 is 0 Å². The van der Waals surface area contributed by atoms with Crippen molar-refractivity contribution in [3.8, 4) is 5.69 Å². The van der Waals surface area contributed by atoms with Gasteiger partial charge in [-0.1, -0.05) is 38.1 Å². The fraction of sp³-hybridized carbons (Fsp3) is 0.385. The lowest BCUT2D eigenvalue weighted by molar-refractivity contribution is 0.531. The summed E-state index contributed by atoms with van der Waals surface area (Å²) in [5.41, 5.74) is 7.51. The molecule has 0 amide bonds. The number of para-hydroxylation sites is 1. The van der Waals surface area contributed by atoms with E-state index < -0.39 is 0 Å². The van der Waals surface area contributed by atoms with E-state index in [1.54, 1.807) is 6.07 Å². The SMILES string of the molecule is Cc1cccc(F)c1-n1nnc(N)c1C(C)(C)C. The molecule has 4 nitrogen and oxygen atoms in total. The van der Waals surface area contributed by atoms with Crippen LogP contribution in [-0.2, 0) is 5.41 Å². The zero-order valence-corrected chi connectivity index (χ0v) is 11.0. The van der Waals surface area contributed by atoms with E-state index in [1.165, 1.54) is 10.7 Å². The van der Waals surface area contributed by atoms with E-state index in [1.807, 2.05) is 33.8 Å². The highest BCUT2D eigenvalue weighted by Gasteiger charge is 2.26. The number of nitrogen functional groups attached to an aromatic ring is 1. The summed E-state index contributed by atoms with van der Waals surface area (Å²) in [5.74, 6) is 0.00977. The monoisotopic (exact) mass is 248 g/mol. The van der Waals surface area contributed by atoms with Gasteiger partial charge in [-0.05, 0) is 18.6 Å². The number of aryl methyl sites for hydroxylation is 1. The van der Waals surface area contributed by atoms with Gasteiger partial charge in [0.15, 0.2) is 5.82 Å². The van der Waals surface area contributed by atoms with Crippen molar-refractivity contribution in [3.63, 3.8) is 0 Å². The van der Waals surface area contributed by atoms with E-state index in [-0.39, 0.29) is 11.2 Å². The minimum atomic E-state index is -0.328. The number of anilines is 1. The Kier molecular flexibility index (Phi) is 2.84. The van der Waals surface area contributed by atoms with Crippen LogP contribution in [0.3, 0.4) is 0 Å². The van der Waals surface area contributed by atoms with Gasteiger partial charge in [-0.25, -0.2) is 9.07 Å². The third kappa shape index (κ3) is 1.96. The molecule has 1 aromatic carbocycles. The second kappa shape index (κ2) is 4.08. The number of halogens is 1. The molecule has 0 radical (unpaired) electrons. The van der Waals surface area contributed by atoms with Crippen molar-refractivity contribution in [2.45, 2.75) is 33.1 Å². The molecule has 5 heteroatoms. The molecule has 0 fully saturated rings. The first-order valence-corrected chi connectivity index (χ1v) is 5.79. The lowest BCUT2D eigenvalue weighted by atomic mass is 9.91. The Morgan fingerprint density at radius 2 is 1.94 bits per heavy atom. The molecule has 0 saturated carbocycles. The van der Waals surface area contributed by atoms with Gasteiger partial charge in [-0.15, -0.1) is 5.10 Å². The lowest BCUT2D eigenvalue weighted by Gasteiger charge is -2.21. The van der Waals surface area contributed by atoms with Gasteiger partial charge in [0, 0.05) is 5.41 Å². The Bertz CT molecular complexity index is 561. The average molecular weight is 248 g/mol. The van der Waals surface area contributed by atoms with Crippen molar-refractivity contribution in [2.24, 2.45) is 0 Å². The third-order valence-corrected chi connectivity index (χ3v) is 2.81. The Morgan fingerprint density at radius 1 is 1.28 bits per heavy atom. The van der Waals surface area contributed by atoms with Gasteiger partial charge in [0.05, 0.1) is 5.69 Å². The molecule has 0 bridgehead atoms. The molecule has 0 aliphatic carbocycles. The molecule has 96 valence electrons. The molecular formula is C13H17FN4. The van der Waals surface area contributed by atoms with Crippen molar-refractivity contribution in [2.75, 3.05) is 5.73 Å². The number of hydrogen-bond donors (Lipinski definition) is 1. The molecule has 0 unspecified atom stereocenters. The Morgan fingerprint density at radius 3 is 2.50 bits per heavy atom. The molecule has 18 heavy (non-hydrogen) atoms. The standard InChI is InChI=1S/C13H17FN4/c1-8-6-5-7-9(14)10(8)18-11(13(2,3)4)12(15)16-17-18/h5-7H,15H2,1-4H3. The molecule has 0 atom stereocenters. The first kappa shape index (κ1) is 12.5. The summed E-state index contributed by atoms with van der Waals surface area (Å²) in [5, 5.41) is 7.84. The van der Waals surface area contributed by atoms with E-state index in [0.29, 0.717) is 11.5 Å². The van der Waals surface area contributed by atoms with Crippen LogP contribution in [0.25, 0.3) is 5.69 Å². The highest BCUT2D eigenvalue weighted by Crippen LogP contribution is 2.30. The summed E-state index contributed by atoms with van der Waals surface area (Å²) in [6.07, 6.45) is 0. The first-order chi connectivity index (χ1) is 8.32. The zero-order valence-electron chi connectivity index (χ0n) is 11.0. The number of nitrogens with two attached hydrogens (primary N) is 1. The largest absolute Gasteiger partial charge is 0.381 e. The fourth-order valence-electron chi connectivity index (χ4n) is 2.04. The smallest absolute Gasteiger partial charge is 0.170 e.